The summed E-state index contributed by atoms with van der Waals surface area (Å²) in [5.41, 5.74) is 3.41. The lowest BCUT2D eigenvalue weighted by Gasteiger charge is -2.17. The van der Waals surface area contributed by atoms with Crippen molar-refractivity contribution in [2.75, 3.05) is 0 Å². The minimum atomic E-state index is -0.517. The van der Waals surface area contributed by atoms with Crippen molar-refractivity contribution in [3.05, 3.63) is 65.2 Å². The van der Waals surface area contributed by atoms with E-state index in [1.54, 1.807) is 6.92 Å². The quantitative estimate of drug-likeness (QED) is 0.884. The van der Waals surface area contributed by atoms with Crippen LogP contribution in [0.2, 0.25) is 0 Å². The summed E-state index contributed by atoms with van der Waals surface area (Å²) in [5, 5.41) is 2.93. The van der Waals surface area contributed by atoms with Crippen LogP contribution in [0.25, 0.3) is 0 Å². The minimum absolute atomic E-state index is 0.103. The van der Waals surface area contributed by atoms with Gasteiger partial charge in [-0.25, -0.2) is 0 Å². The van der Waals surface area contributed by atoms with Gasteiger partial charge in [0.05, 0.1) is 0 Å². The molecule has 116 valence electrons. The van der Waals surface area contributed by atoms with Crippen LogP contribution in [-0.2, 0) is 17.8 Å². The molecule has 2 rings (SSSR count). The molecule has 22 heavy (non-hydrogen) atoms. The Hall–Kier alpha value is -2.29. The molecular weight excluding hydrogens is 274 g/mol. The predicted molar refractivity (Wildman–Crippen MR) is 88.9 cm³/mol. The monoisotopic (exact) mass is 297 g/mol. The van der Waals surface area contributed by atoms with Crippen LogP contribution in [0.15, 0.2) is 48.5 Å². The van der Waals surface area contributed by atoms with Crippen molar-refractivity contribution in [3.63, 3.8) is 0 Å². The maximum absolute atomic E-state index is 12.2. The van der Waals surface area contributed by atoms with Crippen LogP contribution in [-0.4, -0.2) is 12.0 Å². The van der Waals surface area contributed by atoms with E-state index in [-0.39, 0.29) is 5.91 Å². The maximum atomic E-state index is 12.2. The van der Waals surface area contributed by atoms with E-state index < -0.39 is 6.10 Å². The van der Waals surface area contributed by atoms with Crippen molar-refractivity contribution < 1.29 is 9.53 Å². The van der Waals surface area contributed by atoms with Gasteiger partial charge < -0.3 is 10.1 Å². The van der Waals surface area contributed by atoms with E-state index >= 15 is 0 Å². The lowest BCUT2D eigenvalue weighted by Crippen LogP contribution is -2.36. The maximum Gasteiger partial charge on any atom is 0.261 e. The van der Waals surface area contributed by atoms with Gasteiger partial charge in [0.25, 0.3) is 5.91 Å². The highest BCUT2D eigenvalue weighted by Gasteiger charge is 2.15. The number of carbonyl (C=O) groups is 1. The average Bonchev–Trinajstić information content (AvgIpc) is 2.54. The number of rotatable bonds is 6. The molecule has 0 spiro atoms. The van der Waals surface area contributed by atoms with E-state index in [1.807, 2.05) is 55.5 Å². The summed E-state index contributed by atoms with van der Waals surface area (Å²) >= 11 is 0. The minimum Gasteiger partial charge on any atom is -0.481 e. The van der Waals surface area contributed by atoms with Gasteiger partial charge in [0.2, 0.25) is 0 Å². The van der Waals surface area contributed by atoms with Gasteiger partial charge in [-0.1, -0.05) is 49.4 Å². The molecule has 0 bridgehead atoms. The molecule has 2 aromatic rings. The second-order valence-electron chi connectivity index (χ2n) is 5.37. The SMILES string of the molecule is CCc1ccccc1O[C@@H](C)C(=O)NCc1ccccc1C. The number of carbonyl (C=O) groups excluding carboxylic acids is 1. The molecule has 3 heteroatoms. The Balaban J connectivity index is 1.94. The number of amides is 1. The van der Waals surface area contributed by atoms with Crippen molar-refractivity contribution in [1.82, 2.24) is 5.32 Å². The molecular formula is C19H23NO2. The number of para-hydroxylation sites is 1. The molecule has 0 heterocycles. The van der Waals surface area contributed by atoms with Gasteiger partial charge in [-0.05, 0) is 43.0 Å². The second-order valence-corrected chi connectivity index (χ2v) is 5.37. The molecule has 1 atom stereocenters. The first-order valence-corrected chi connectivity index (χ1v) is 7.68. The molecule has 0 fully saturated rings. The number of benzene rings is 2. The van der Waals surface area contributed by atoms with E-state index in [0.29, 0.717) is 6.54 Å². The number of aryl methyl sites for hydroxylation is 2. The van der Waals surface area contributed by atoms with Gasteiger partial charge in [-0.2, -0.15) is 0 Å². The lowest BCUT2D eigenvalue weighted by atomic mass is 10.1. The van der Waals surface area contributed by atoms with Crippen molar-refractivity contribution >= 4 is 5.91 Å². The molecule has 3 nitrogen and oxygen atoms in total. The van der Waals surface area contributed by atoms with Gasteiger partial charge in [0.15, 0.2) is 6.10 Å². The molecule has 0 saturated heterocycles. The highest BCUT2D eigenvalue weighted by molar-refractivity contribution is 5.80. The Morgan fingerprint density at radius 1 is 1.09 bits per heavy atom. The molecule has 0 aliphatic carbocycles. The van der Waals surface area contributed by atoms with Crippen LogP contribution >= 0.6 is 0 Å². The fourth-order valence-corrected chi connectivity index (χ4v) is 2.29. The van der Waals surface area contributed by atoms with Crippen molar-refractivity contribution in [1.29, 1.82) is 0 Å². The second kappa shape index (κ2) is 7.64. The summed E-state index contributed by atoms with van der Waals surface area (Å²) in [7, 11) is 0. The normalized spacial score (nSPS) is 11.8. The summed E-state index contributed by atoms with van der Waals surface area (Å²) in [5.74, 6) is 0.678. The third kappa shape index (κ3) is 4.10. The average molecular weight is 297 g/mol. The standard InChI is InChI=1S/C19H23NO2/c1-4-16-10-7-8-12-18(16)22-15(3)19(21)20-13-17-11-6-5-9-14(17)2/h5-12,15H,4,13H2,1-3H3,(H,20,21)/t15-/m0/s1. The van der Waals surface area contributed by atoms with Gasteiger partial charge in [-0.15, -0.1) is 0 Å². The summed E-state index contributed by atoms with van der Waals surface area (Å²) < 4.78 is 5.80. The van der Waals surface area contributed by atoms with Crippen molar-refractivity contribution in [2.45, 2.75) is 39.8 Å². The molecule has 1 N–H and O–H groups in total. The van der Waals surface area contributed by atoms with Crippen LogP contribution in [0.4, 0.5) is 0 Å². The fourth-order valence-electron chi connectivity index (χ4n) is 2.29. The van der Waals surface area contributed by atoms with E-state index in [2.05, 4.69) is 12.2 Å². The third-order valence-electron chi connectivity index (χ3n) is 3.74. The van der Waals surface area contributed by atoms with Crippen LogP contribution in [0, 0.1) is 6.92 Å². The molecule has 0 aliphatic rings. The Morgan fingerprint density at radius 3 is 2.41 bits per heavy atom. The fraction of sp³-hybridized carbons (Fsp3) is 0.316. The molecule has 0 aliphatic heterocycles. The van der Waals surface area contributed by atoms with Crippen molar-refractivity contribution in [3.8, 4) is 5.75 Å². The molecule has 2 aromatic carbocycles. The van der Waals surface area contributed by atoms with Gasteiger partial charge >= 0.3 is 0 Å². The molecule has 0 unspecified atom stereocenters. The topological polar surface area (TPSA) is 38.3 Å². The first kappa shape index (κ1) is 16.1. The molecule has 0 radical (unpaired) electrons. The number of hydrogen-bond donors (Lipinski definition) is 1. The van der Waals surface area contributed by atoms with Crippen LogP contribution in [0.1, 0.15) is 30.5 Å². The van der Waals surface area contributed by atoms with E-state index in [0.717, 1.165) is 23.3 Å². The zero-order valence-electron chi connectivity index (χ0n) is 13.4. The highest BCUT2D eigenvalue weighted by atomic mass is 16.5. The Labute approximate surface area is 132 Å². The Morgan fingerprint density at radius 2 is 1.73 bits per heavy atom. The van der Waals surface area contributed by atoms with E-state index in [9.17, 15) is 4.79 Å². The van der Waals surface area contributed by atoms with Crippen LogP contribution < -0.4 is 10.1 Å². The molecule has 0 saturated carbocycles. The van der Waals surface area contributed by atoms with E-state index in [4.69, 9.17) is 4.74 Å². The van der Waals surface area contributed by atoms with Gasteiger partial charge in [0, 0.05) is 6.54 Å². The number of nitrogens with one attached hydrogen (secondary N) is 1. The first-order chi connectivity index (χ1) is 10.6. The van der Waals surface area contributed by atoms with E-state index in [1.165, 1.54) is 5.56 Å². The predicted octanol–water partition coefficient (Wildman–Crippen LogP) is 3.64. The molecule has 0 aromatic heterocycles. The molecule has 1 amide bonds. The highest BCUT2D eigenvalue weighted by Crippen LogP contribution is 2.19. The largest absolute Gasteiger partial charge is 0.481 e. The smallest absolute Gasteiger partial charge is 0.261 e. The summed E-state index contributed by atoms with van der Waals surface area (Å²) in [6.45, 7) is 6.41. The Kier molecular flexibility index (Phi) is 5.59. The number of hydrogen-bond acceptors (Lipinski definition) is 2. The van der Waals surface area contributed by atoms with Gasteiger partial charge in [-0.3, -0.25) is 4.79 Å². The first-order valence-electron chi connectivity index (χ1n) is 7.68. The van der Waals surface area contributed by atoms with Gasteiger partial charge in [0.1, 0.15) is 5.75 Å². The number of ether oxygens (including phenoxy) is 1. The summed E-state index contributed by atoms with van der Waals surface area (Å²) in [6.07, 6.45) is 0.366. The third-order valence-corrected chi connectivity index (χ3v) is 3.74. The summed E-state index contributed by atoms with van der Waals surface area (Å²) in [6, 6.07) is 15.9. The Bertz CT molecular complexity index is 637. The van der Waals surface area contributed by atoms with Crippen LogP contribution in [0.5, 0.6) is 5.75 Å². The zero-order valence-corrected chi connectivity index (χ0v) is 13.4. The summed E-state index contributed by atoms with van der Waals surface area (Å²) in [4.78, 5) is 12.2. The lowest BCUT2D eigenvalue weighted by molar-refractivity contribution is -0.127. The zero-order chi connectivity index (χ0) is 15.9. The van der Waals surface area contributed by atoms with Crippen molar-refractivity contribution in [2.24, 2.45) is 0 Å². The van der Waals surface area contributed by atoms with Crippen LogP contribution in [0.3, 0.4) is 0 Å².